The number of halogens is 2. The molecule has 1 amide bonds. The summed E-state index contributed by atoms with van der Waals surface area (Å²) in [5.74, 6) is 0.638. The highest BCUT2D eigenvalue weighted by Crippen LogP contribution is 2.28. The van der Waals surface area contributed by atoms with Gasteiger partial charge in [0, 0.05) is 23.3 Å². The van der Waals surface area contributed by atoms with E-state index in [1.54, 1.807) is 42.5 Å². The van der Waals surface area contributed by atoms with Crippen LogP contribution in [0.15, 0.2) is 48.7 Å². The molecule has 0 unspecified atom stereocenters. The van der Waals surface area contributed by atoms with Crippen molar-refractivity contribution in [1.82, 2.24) is 15.2 Å². The molecule has 3 rings (SSSR count). The van der Waals surface area contributed by atoms with Crippen molar-refractivity contribution in [3.63, 3.8) is 0 Å². The molecule has 0 aliphatic rings. The Morgan fingerprint density at radius 1 is 1.00 bits per heavy atom. The second-order valence-corrected chi connectivity index (χ2v) is 6.14. The van der Waals surface area contributed by atoms with E-state index in [4.69, 9.17) is 23.2 Å². The van der Waals surface area contributed by atoms with Crippen LogP contribution < -0.4 is 16.0 Å². The molecule has 0 saturated carbocycles. The van der Waals surface area contributed by atoms with Crippen LogP contribution in [0.3, 0.4) is 0 Å². The van der Waals surface area contributed by atoms with Gasteiger partial charge in [-0.2, -0.15) is 10.1 Å². The van der Waals surface area contributed by atoms with E-state index in [1.807, 2.05) is 0 Å². The number of anilines is 5. The highest BCUT2D eigenvalue weighted by Gasteiger charge is 2.06. The minimum atomic E-state index is -0.128. The lowest BCUT2D eigenvalue weighted by Crippen LogP contribution is -2.06. The first-order valence-corrected chi connectivity index (χ1v) is 8.32. The van der Waals surface area contributed by atoms with Crippen molar-refractivity contribution in [2.45, 2.75) is 6.92 Å². The molecule has 0 aliphatic heterocycles. The fraction of sp³-hybridized carbons (Fsp3) is 0.0588. The number of benzene rings is 2. The van der Waals surface area contributed by atoms with Crippen LogP contribution in [0.2, 0.25) is 10.0 Å². The topological polar surface area (TPSA) is 91.8 Å². The number of rotatable bonds is 5. The van der Waals surface area contributed by atoms with E-state index >= 15 is 0 Å². The van der Waals surface area contributed by atoms with Crippen LogP contribution in [0.5, 0.6) is 0 Å². The molecule has 132 valence electrons. The Balaban J connectivity index is 1.73. The van der Waals surface area contributed by atoms with Gasteiger partial charge in [0.2, 0.25) is 11.9 Å². The summed E-state index contributed by atoms with van der Waals surface area (Å²) in [6.07, 6.45) is 1.47. The molecule has 9 heteroatoms. The van der Waals surface area contributed by atoms with Gasteiger partial charge in [0.1, 0.15) is 0 Å². The molecule has 7 nitrogen and oxygen atoms in total. The molecule has 3 N–H and O–H groups in total. The number of nitrogens with one attached hydrogen (secondary N) is 3. The quantitative estimate of drug-likeness (QED) is 0.590. The summed E-state index contributed by atoms with van der Waals surface area (Å²) >= 11 is 12.1. The summed E-state index contributed by atoms with van der Waals surface area (Å²) in [4.78, 5) is 15.4. The first kappa shape index (κ1) is 17.9. The molecule has 1 heterocycles. The monoisotopic (exact) mass is 388 g/mol. The summed E-state index contributed by atoms with van der Waals surface area (Å²) in [7, 11) is 0. The van der Waals surface area contributed by atoms with Crippen LogP contribution in [0.25, 0.3) is 0 Å². The van der Waals surface area contributed by atoms with Crippen LogP contribution >= 0.6 is 23.2 Å². The minimum absolute atomic E-state index is 0.128. The van der Waals surface area contributed by atoms with Gasteiger partial charge < -0.3 is 16.0 Å². The van der Waals surface area contributed by atoms with Gasteiger partial charge in [0.25, 0.3) is 0 Å². The van der Waals surface area contributed by atoms with Gasteiger partial charge in [-0.3, -0.25) is 4.79 Å². The predicted octanol–water partition coefficient (Wildman–Crippen LogP) is 4.62. The zero-order valence-corrected chi connectivity index (χ0v) is 15.1. The number of hydrogen-bond acceptors (Lipinski definition) is 6. The standard InChI is InChI=1S/C17H14Cl2N6O/c1-10(26)21-12-3-5-13(6-4-12)22-17-24-16(9-20-25-17)23-15-8-11(18)2-7-14(15)19/h2-9H,1H3,(H,21,26)(H2,22,23,24,25). The number of nitrogens with zero attached hydrogens (tertiary/aromatic N) is 3. The SMILES string of the molecule is CC(=O)Nc1ccc(Nc2nncc(Nc3cc(Cl)ccc3Cl)n2)cc1. The number of carbonyl (C=O) groups is 1. The fourth-order valence-corrected chi connectivity index (χ4v) is 2.45. The van der Waals surface area contributed by atoms with Gasteiger partial charge >= 0.3 is 0 Å². The average Bonchev–Trinajstić information content (AvgIpc) is 2.60. The number of aromatic nitrogens is 3. The molecule has 0 aliphatic carbocycles. The molecule has 0 fully saturated rings. The molecular formula is C17H14Cl2N6O. The van der Waals surface area contributed by atoms with E-state index in [-0.39, 0.29) is 5.91 Å². The summed E-state index contributed by atoms with van der Waals surface area (Å²) in [5.41, 5.74) is 2.07. The van der Waals surface area contributed by atoms with Crippen molar-refractivity contribution in [3.05, 3.63) is 58.7 Å². The van der Waals surface area contributed by atoms with Gasteiger partial charge in [-0.1, -0.05) is 23.2 Å². The van der Waals surface area contributed by atoms with Crippen molar-refractivity contribution in [3.8, 4) is 0 Å². The molecule has 0 radical (unpaired) electrons. The lowest BCUT2D eigenvalue weighted by Gasteiger charge is -2.09. The second-order valence-electron chi connectivity index (χ2n) is 5.30. The van der Waals surface area contributed by atoms with Crippen LogP contribution in [0, 0.1) is 0 Å². The third-order valence-corrected chi connectivity index (χ3v) is 3.78. The van der Waals surface area contributed by atoms with Crippen molar-refractivity contribution in [2.75, 3.05) is 16.0 Å². The molecule has 1 aromatic heterocycles. The van der Waals surface area contributed by atoms with Crippen molar-refractivity contribution in [1.29, 1.82) is 0 Å². The van der Waals surface area contributed by atoms with E-state index in [2.05, 4.69) is 31.1 Å². The van der Waals surface area contributed by atoms with Crippen LogP contribution in [-0.2, 0) is 4.79 Å². The maximum Gasteiger partial charge on any atom is 0.249 e. The van der Waals surface area contributed by atoms with Gasteiger partial charge in [-0.05, 0) is 42.5 Å². The molecular weight excluding hydrogens is 375 g/mol. The smallest absolute Gasteiger partial charge is 0.249 e. The molecule has 0 spiro atoms. The Morgan fingerprint density at radius 2 is 1.73 bits per heavy atom. The molecule has 26 heavy (non-hydrogen) atoms. The van der Waals surface area contributed by atoms with E-state index in [1.165, 1.54) is 13.1 Å². The summed E-state index contributed by atoms with van der Waals surface area (Å²) in [6, 6.07) is 12.2. The van der Waals surface area contributed by atoms with Crippen molar-refractivity contribution < 1.29 is 4.79 Å². The Bertz CT molecular complexity index is 933. The maximum absolute atomic E-state index is 11.0. The average molecular weight is 389 g/mol. The van der Waals surface area contributed by atoms with Gasteiger partial charge in [-0.25, -0.2) is 0 Å². The van der Waals surface area contributed by atoms with E-state index in [0.717, 1.165) is 5.69 Å². The lowest BCUT2D eigenvalue weighted by molar-refractivity contribution is -0.114. The first-order chi connectivity index (χ1) is 12.5. The largest absolute Gasteiger partial charge is 0.338 e. The second kappa shape index (κ2) is 7.99. The summed E-state index contributed by atoms with van der Waals surface area (Å²) in [6.45, 7) is 1.45. The summed E-state index contributed by atoms with van der Waals surface area (Å²) < 4.78 is 0. The van der Waals surface area contributed by atoms with Gasteiger partial charge in [0.15, 0.2) is 5.82 Å². The van der Waals surface area contributed by atoms with Crippen LogP contribution in [0.1, 0.15) is 6.92 Å². The maximum atomic E-state index is 11.0. The van der Waals surface area contributed by atoms with Crippen molar-refractivity contribution >= 4 is 57.9 Å². The van der Waals surface area contributed by atoms with Crippen molar-refractivity contribution in [2.24, 2.45) is 0 Å². The lowest BCUT2D eigenvalue weighted by atomic mass is 10.3. The van der Waals surface area contributed by atoms with Gasteiger partial charge in [0.05, 0.1) is 16.9 Å². The van der Waals surface area contributed by atoms with Crippen LogP contribution in [-0.4, -0.2) is 21.1 Å². The number of amides is 1. The molecule has 0 bridgehead atoms. The first-order valence-electron chi connectivity index (χ1n) is 7.56. The van der Waals surface area contributed by atoms with E-state index < -0.39 is 0 Å². The molecule has 0 atom stereocenters. The Kier molecular flexibility index (Phi) is 5.50. The van der Waals surface area contributed by atoms with E-state index in [9.17, 15) is 4.79 Å². The molecule has 3 aromatic rings. The molecule has 0 saturated heterocycles. The highest BCUT2D eigenvalue weighted by atomic mass is 35.5. The van der Waals surface area contributed by atoms with Gasteiger partial charge in [-0.15, -0.1) is 5.10 Å². The predicted molar refractivity (Wildman–Crippen MR) is 104 cm³/mol. The molecule has 2 aromatic carbocycles. The Hall–Kier alpha value is -2.90. The normalized spacial score (nSPS) is 10.3. The minimum Gasteiger partial charge on any atom is -0.338 e. The Morgan fingerprint density at radius 3 is 2.46 bits per heavy atom. The zero-order valence-electron chi connectivity index (χ0n) is 13.6. The highest BCUT2D eigenvalue weighted by molar-refractivity contribution is 6.35. The third kappa shape index (κ3) is 4.81. The van der Waals surface area contributed by atoms with Crippen LogP contribution in [0.4, 0.5) is 28.8 Å². The zero-order chi connectivity index (χ0) is 18.5. The summed E-state index contributed by atoms with van der Waals surface area (Å²) in [5, 5.41) is 17.7. The Labute approximate surface area is 159 Å². The van der Waals surface area contributed by atoms with E-state index in [0.29, 0.717) is 33.2 Å². The fourth-order valence-electron chi connectivity index (χ4n) is 2.12. The number of hydrogen-bond donors (Lipinski definition) is 3. The number of carbonyl (C=O) groups excluding carboxylic acids is 1. The third-order valence-electron chi connectivity index (χ3n) is 3.21.